The second-order valence-corrected chi connectivity index (χ2v) is 12.9. The molecule has 1 aliphatic heterocycles. The maximum Gasteiger partial charge on any atom is 0.410 e. The number of thioether (sulfide) groups is 1. The maximum absolute atomic E-state index is 15.3. The lowest BCUT2D eigenvalue weighted by atomic mass is 9.98. The van der Waals surface area contributed by atoms with E-state index in [2.05, 4.69) is 15.3 Å². The number of ether oxygens (including phenoxy) is 1. The van der Waals surface area contributed by atoms with E-state index in [-0.39, 0.29) is 23.3 Å². The first-order chi connectivity index (χ1) is 20.2. The van der Waals surface area contributed by atoms with Crippen molar-refractivity contribution in [1.82, 2.24) is 24.2 Å². The summed E-state index contributed by atoms with van der Waals surface area (Å²) in [5.74, 6) is -0.610. The van der Waals surface area contributed by atoms with E-state index in [4.69, 9.17) is 4.74 Å². The van der Waals surface area contributed by atoms with Gasteiger partial charge in [0.25, 0.3) is 5.56 Å². The van der Waals surface area contributed by atoms with Crippen LogP contribution in [-0.4, -0.2) is 53.8 Å². The molecule has 0 fully saturated rings. The minimum Gasteiger partial charge on any atom is -0.444 e. The molecule has 0 saturated heterocycles. The van der Waals surface area contributed by atoms with Crippen molar-refractivity contribution in [1.29, 1.82) is 0 Å². The van der Waals surface area contributed by atoms with E-state index in [1.165, 1.54) is 37.0 Å². The Morgan fingerprint density at radius 1 is 1.14 bits per heavy atom. The van der Waals surface area contributed by atoms with Crippen LogP contribution in [0.3, 0.4) is 0 Å². The monoisotopic (exact) mass is 608 g/mol. The SMILES string of the molecule is CSc1ncc2c(=O)n(C(C)C)n(-c3ccc(F)c(C(C)(O)Nc4ccc5c(c4)CCN(C(=O)OC(C)(C)C)C5)c3)c2n1. The average Bonchev–Trinajstić information content (AvgIpc) is 3.23. The number of nitrogens with one attached hydrogen (secondary N) is 1. The number of aliphatic hydroxyl groups is 1. The third kappa shape index (κ3) is 6.12. The molecule has 4 aromatic rings. The van der Waals surface area contributed by atoms with E-state index in [0.29, 0.717) is 47.1 Å². The van der Waals surface area contributed by atoms with Gasteiger partial charge in [0.15, 0.2) is 16.5 Å². The van der Waals surface area contributed by atoms with E-state index in [9.17, 15) is 14.7 Å². The number of rotatable bonds is 6. The molecule has 0 saturated carbocycles. The molecule has 1 amide bonds. The minimum atomic E-state index is -1.81. The van der Waals surface area contributed by atoms with E-state index in [1.807, 2.05) is 53.0 Å². The molecule has 3 heterocycles. The number of carbonyl (C=O) groups is 1. The summed E-state index contributed by atoms with van der Waals surface area (Å²) in [5, 5.41) is 15.5. The molecule has 1 atom stereocenters. The standard InChI is InChI=1S/C31H37FN6O4S/c1-18(2)37-27(39)23-16-33-28(43-7)34-26(23)38(37)22-10-11-25(32)24(15-22)31(6,41)35-21-9-8-20-17-36(13-12-19(20)14-21)29(40)42-30(3,4)5/h8-11,14-16,18,35,41H,12-13,17H2,1-7H3. The highest BCUT2D eigenvalue weighted by atomic mass is 32.2. The van der Waals surface area contributed by atoms with Crippen LogP contribution in [0.5, 0.6) is 0 Å². The molecule has 2 N–H and O–H groups in total. The van der Waals surface area contributed by atoms with Crippen molar-refractivity contribution in [3.63, 3.8) is 0 Å². The van der Waals surface area contributed by atoms with E-state index in [1.54, 1.807) is 26.4 Å². The van der Waals surface area contributed by atoms with Crippen molar-refractivity contribution in [3.8, 4) is 5.69 Å². The third-order valence-corrected chi connectivity index (χ3v) is 7.81. The molecule has 2 aromatic carbocycles. The number of aromatic nitrogens is 4. The van der Waals surface area contributed by atoms with Crippen LogP contribution in [0.25, 0.3) is 16.7 Å². The number of nitrogens with zero attached hydrogens (tertiary/aromatic N) is 5. The van der Waals surface area contributed by atoms with Crippen molar-refractivity contribution in [2.45, 2.75) is 77.0 Å². The molecule has 0 spiro atoms. The molecule has 1 unspecified atom stereocenters. The van der Waals surface area contributed by atoms with Gasteiger partial charge in [0.2, 0.25) is 0 Å². The Balaban J connectivity index is 1.46. The Kier molecular flexibility index (Phi) is 8.03. The van der Waals surface area contributed by atoms with Crippen LogP contribution in [0.2, 0.25) is 0 Å². The fourth-order valence-electron chi connectivity index (χ4n) is 5.28. The molecule has 0 radical (unpaired) electrons. The molecule has 0 aliphatic carbocycles. The zero-order chi connectivity index (χ0) is 31.3. The van der Waals surface area contributed by atoms with Gasteiger partial charge in [0.1, 0.15) is 16.8 Å². The smallest absolute Gasteiger partial charge is 0.410 e. The first-order valence-electron chi connectivity index (χ1n) is 14.1. The van der Waals surface area contributed by atoms with Crippen molar-refractivity contribution >= 4 is 34.6 Å². The molecule has 43 heavy (non-hydrogen) atoms. The Hall–Kier alpha value is -3.90. The van der Waals surface area contributed by atoms with Gasteiger partial charge in [-0.15, -0.1) is 0 Å². The number of anilines is 1. The topological polar surface area (TPSA) is 115 Å². The van der Waals surface area contributed by atoms with Crippen LogP contribution in [0.4, 0.5) is 14.9 Å². The number of hydrogen-bond donors (Lipinski definition) is 2. The average molecular weight is 609 g/mol. The lowest BCUT2D eigenvalue weighted by Gasteiger charge is -2.32. The summed E-state index contributed by atoms with van der Waals surface area (Å²) in [6.07, 6.45) is 3.62. The van der Waals surface area contributed by atoms with Gasteiger partial charge in [0, 0.05) is 36.6 Å². The van der Waals surface area contributed by atoms with Crippen LogP contribution in [0.1, 0.15) is 64.3 Å². The summed E-state index contributed by atoms with van der Waals surface area (Å²) in [4.78, 5) is 36.3. The molecule has 228 valence electrons. The zero-order valence-electron chi connectivity index (χ0n) is 25.4. The highest BCUT2D eigenvalue weighted by molar-refractivity contribution is 7.98. The van der Waals surface area contributed by atoms with Gasteiger partial charge < -0.3 is 20.1 Å². The second-order valence-electron chi connectivity index (χ2n) is 12.1. The number of amides is 1. The highest BCUT2D eigenvalue weighted by Crippen LogP contribution is 2.31. The summed E-state index contributed by atoms with van der Waals surface area (Å²) in [6.45, 7) is 11.7. The Morgan fingerprint density at radius 2 is 1.88 bits per heavy atom. The number of carbonyl (C=O) groups excluding carboxylic acids is 1. The molecule has 2 aromatic heterocycles. The van der Waals surface area contributed by atoms with Crippen LogP contribution >= 0.6 is 11.8 Å². The van der Waals surface area contributed by atoms with Gasteiger partial charge in [-0.2, -0.15) is 0 Å². The van der Waals surface area contributed by atoms with Gasteiger partial charge in [-0.05, 0) is 95.7 Å². The Labute approximate surface area is 253 Å². The molecule has 5 rings (SSSR count). The zero-order valence-corrected chi connectivity index (χ0v) is 26.3. The van der Waals surface area contributed by atoms with E-state index < -0.39 is 17.1 Å². The van der Waals surface area contributed by atoms with Gasteiger partial charge in [-0.1, -0.05) is 17.8 Å². The molecule has 12 heteroatoms. The maximum atomic E-state index is 15.3. The molecule has 0 bridgehead atoms. The third-order valence-electron chi connectivity index (χ3n) is 7.25. The Morgan fingerprint density at radius 3 is 2.56 bits per heavy atom. The second kappa shape index (κ2) is 11.3. The lowest BCUT2D eigenvalue weighted by Crippen LogP contribution is -2.40. The predicted molar refractivity (Wildman–Crippen MR) is 165 cm³/mol. The summed E-state index contributed by atoms with van der Waals surface area (Å²) in [7, 11) is 0. The van der Waals surface area contributed by atoms with Gasteiger partial charge in [0.05, 0.1) is 5.69 Å². The fraction of sp³-hybridized carbons (Fsp3) is 0.419. The quantitative estimate of drug-likeness (QED) is 0.165. The van der Waals surface area contributed by atoms with Crippen molar-refractivity contribution in [2.75, 3.05) is 18.1 Å². The summed E-state index contributed by atoms with van der Waals surface area (Å²) in [5.41, 5.74) is 0.840. The molecular formula is C31H37FN6O4S. The van der Waals surface area contributed by atoms with Gasteiger partial charge in [-0.3, -0.25) is 4.79 Å². The van der Waals surface area contributed by atoms with Gasteiger partial charge in [-0.25, -0.2) is 28.5 Å². The lowest BCUT2D eigenvalue weighted by molar-refractivity contribution is 0.0224. The minimum absolute atomic E-state index is 0.00238. The van der Waals surface area contributed by atoms with Crippen LogP contribution in [-0.2, 0) is 23.4 Å². The summed E-state index contributed by atoms with van der Waals surface area (Å²) < 4.78 is 24.1. The molecule has 10 nitrogen and oxygen atoms in total. The van der Waals surface area contributed by atoms with Gasteiger partial charge >= 0.3 is 6.09 Å². The van der Waals surface area contributed by atoms with Crippen LogP contribution in [0.15, 0.2) is 52.5 Å². The van der Waals surface area contributed by atoms with Crippen molar-refractivity contribution < 1.29 is 19.0 Å². The Bertz CT molecular complexity index is 1760. The fourth-order valence-corrected chi connectivity index (χ4v) is 5.61. The highest BCUT2D eigenvalue weighted by Gasteiger charge is 2.30. The molecular weight excluding hydrogens is 571 g/mol. The summed E-state index contributed by atoms with van der Waals surface area (Å²) in [6, 6.07) is 9.73. The van der Waals surface area contributed by atoms with E-state index in [0.717, 1.165) is 11.1 Å². The van der Waals surface area contributed by atoms with Crippen molar-refractivity contribution in [2.24, 2.45) is 0 Å². The van der Waals surface area contributed by atoms with Crippen LogP contribution in [0, 0.1) is 5.82 Å². The van der Waals surface area contributed by atoms with E-state index >= 15 is 4.39 Å². The number of benzene rings is 2. The first-order valence-corrected chi connectivity index (χ1v) is 15.4. The predicted octanol–water partition coefficient (Wildman–Crippen LogP) is 5.59. The normalized spacial score (nSPS) is 15.0. The molecule has 1 aliphatic rings. The first kappa shape index (κ1) is 30.6. The van der Waals surface area contributed by atoms with Crippen molar-refractivity contribution in [3.05, 3.63) is 75.5 Å². The number of halogens is 1. The van der Waals surface area contributed by atoms with Crippen LogP contribution < -0.4 is 10.9 Å². The number of fused-ring (bicyclic) bond motifs is 2. The summed E-state index contributed by atoms with van der Waals surface area (Å²) >= 11 is 1.35. The largest absolute Gasteiger partial charge is 0.444 e. The number of hydrogen-bond acceptors (Lipinski definition) is 8.